The van der Waals surface area contributed by atoms with E-state index in [0.29, 0.717) is 17.7 Å². The number of amides is 1. The first-order valence-electron chi connectivity index (χ1n) is 6.12. The summed E-state index contributed by atoms with van der Waals surface area (Å²) in [5.74, 6) is 1.18. The minimum absolute atomic E-state index is 0.334. The van der Waals surface area contributed by atoms with Crippen LogP contribution >= 0.6 is 0 Å². The van der Waals surface area contributed by atoms with Gasteiger partial charge in [0.25, 0.3) is 0 Å². The van der Waals surface area contributed by atoms with Crippen molar-refractivity contribution in [1.82, 2.24) is 15.1 Å². The topological polar surface area (TPSA) is 49.0 Å². The highest BCUT2D eigenvalue weighted by Gasteiger charge is 2.34. The van der Waals surface area contributed by atoms with Gasteiger partial charge in [0, 0.05) is 36.8 Å². The number of likely N-dealkylation sites (tertiary alicyclic amines) is 1. The molecule has 0 radical (unpaired) electrons. The fourth-order valence-corrected chi connectivity index (χ4v) is 2.62. The summed E-state index contributed by atoms with van der Waals surface area (Å²) in [6.45, 7) is 1.79. The fourth-order valence-electron chi connectivity index (χ4n) is 2.62. The van der Waals surface area contributed by atoms with Crippen molar-refractivity contribution in [2.75, 3.05) is 13.1 Å². The van der Waals surface area contributed by atoms with Crippen LogP contribution in [0.5, 0.6) is 0 Å². The van der Waals surface area contributed by atoms with E-state index < -0.39 is 0 Å². The summed E-state index contributed by atoms with van der Waals surface area (Å²) in [5, 5.41) is 6.98. The fraction of sp³-hybridized carbons (Fsp3) is 0.667. The zero-order valence-corrected chi connectivity index (χ0v) is 9.35. The molecule has 1 aromatic rings. The maximum absolute atomic E-state index is 12.0. The van der Waals surface area contributed by atoms with Gasteiger partial charge in [-0.2, -0.15) is 5.10 Å². The predicted molar refractivity (Wildman–Crippen MR) is 59.9 cm³/mol. The second kappa shape index (κ2) is 3.92. The number of hydrogen-bond acceptors (Lipinski definition) is 2. The summed E-state index contributed by atoms with van der Waals surface area (Å²) < 4.78 is 0. The van der Waals surface area contributed by atoms with Gasteiger partial charge in [0.15, 0.2) is 0 Å². The zero-order chi connectivity index (χ0) is 11.0. The number of rotatable bonds is 2. The van der Waals surface area contributed by atoms with Gasteiger partial charge >= 0.3 is 0 Å². The number of carbonyl (C=O) groups excluding carboxylic acids is 1. The second-order valence-electron chi connectivity index (χ2n) is 4.91. The van der Waals surface area contributed by atoms with Gasteiger partial charge in [-0.05, 0) is 25.3 Å². The van der Waals surface area contributed by atoms with Crippen LogP contribution < -0.4 is 0 Å². The molecule has 4 nitrogen and oxygen atoms in total. The molecular formula is C12H17N3O. The standard InChI is InChI=1S/C12H17N3O/c16-12(9-2-1-3-9)15-7-5-10(8-15)11-4-6-13-14-11/h4,6,9-10H,1-3,5,7-8H2,(H,13,14)/t10-/m1/s1. The molecule has 0 spiro atoms. The minimum atomic E-state index is 0.334. The molecule has 1 aromatic heterocycles. The summed E-state index contributed by atoms with van der Waals surface area (Å²) in [6.07, 6.45) is 6.29. The first-order chi connectivity index (χ1) is 7.84. The Morgan fingerprint density at radius 2 is 2.31 bits per heavy atom. The number of aromatic nitrogens is 2. The van der Waals surface area contributed by atoms with Crippen LogP contribution in [0.15, 0.2) is 12.3 Å². The van der Waals surface area contributed by atoms with Gasteiger partial charge in [0.05, 0.1) is 0 Å². The Hall–Kier alpha value is -1.32. The van der Waals surface area contributed by atoms with Crippen LogP contribution in [0.25, 0.3) is 0 Å². The Kier molecular flexibility index (Phi) is 2.42. The van der Waals surface area contributed by atoms with E-state index in [-0.39, 0.29) is 0 Å². The van der Waals surface area contributed by atoms with Crippen LogP contribution in [0.3, 0.4) is 0 Å². The molecule has 1 aliphatic carbocycles. The number of carbonyl (C=O) groups is 1. The van der Waals surface area contributed by atoms with Gasteiger partial charge in [0.2, 0.25) is 5.91 Å². The van der Waals surface area contributed by atoms with E-state index in [9.17, 15) is 4.79 Å². The molecule has 3 rings (SSSR count). The summed E-state index contributed by atoms with van der Waals surface area (Å²) in [4.78, 5) is 14.1. The van der Waals surface area contributed by atoms with Crippen molar-refractivity contribution >= 4 is 5.91 Å². The minimum Gasteiger partial charge on any atom is -0.342 e. The third kappa shape index (κ3) is 1.62. The largest absolute Gasteiger partial charge is 0.342 e. The maximum Gasteiger partial charge on any atom is 0.225 e. The monoisotopic (exact) mass is 219 g/mol. The second-order valence-corrected chi connectivity index (χ2v) is 4.91. The zero-order valence-electron chi connectivity index (χ0n) is 9.35. The highest BCUT2D eigenvalue weighted by molar-refractivity contribution is 5.80. The van der Waals surface area contributed by atoms with E-state index in [1.807, 2.05) is 11.0 Å². The van der Waals surface area contributed by atoms with E-state index >= 15 is 0 Å². The number of H-pyrrole nitrogens is 1. The molecule has 0 unspecified atom stereocenters. The highest BCUT2D eigenvalue weighted by atomic mass is 16.2. The molecule has 1 atom stereocenters. The number of nitrogens with one attached hydrogen (secondary N) is 1. The van der Waals surface area contributed by atoms with E-state index in [0.717, 1.165) is 32.4 Å². The lowest BCUT2D eigenvalue weighted by atomic mass is 9.84. The van der Waals surface area contributed by atoms with Crippen molar-refractivity contribution in [3.05, 3.63) is 18.0 Å². The van der Waals surface area contributed by atoms with Crippen molar-refractivity contribution in [3.8, 4) is 0 Å². The first-order valence-corrected chi connectivity index (χ1v) is 6.12. The Labute approximate surface area is 95.0 Å². The van der Waals surface area contributed by atoms with Gasteiger partial charge < -0.3 is 4.90 Å². The highest BCUT2D eigenvalue weighted by Crippen LogP contribution is 2.32. The average molecular weight is 219 g/mol. The molecule has 0 aromatic carbocycles. The van der Waals surface area contributed by atoms with Crippen molar-refractivity contribution in [3.63, 3.8) is 0 Å². The van der Waals surface area contributed by atoms with Crippen LogP contribution in [0, 0.1) is 5.92 Å². The summed E-state index contributed by atoms with van der Waals surface area (Å²) in [5.41, 5.74) is 1.17. The van der Waals surface area contributed by atoms with E-state index in [1.165, 1.54) is 12.1 Å². The predicted octanol–water partition coefficient (Wildman–Crippen LogP) is 1.53. The lowest BCUT2D eigenvalue weighted by Crippen LogP contribution is -2.37. The molecule has 1 N–H and O–H groups in total. The van der Waals surface area contributed by atoms with Crippen LogP contribution in [0.4, 0.5) is 0 Å². The molecule has 1 saturated heterocycles. The number of nitrogens with zero attached hydrogens (tertiary/aromatic N) is 2. The van der Waals surface area contributed by atoms with Crippen LogP contribution in [-0.2, 0) is 4.79 Å². The molecular weight excluding hydrogens is 202 g/mol. The van der Waals surface area contributed by atoms with Crippen LogP contribution in [0.2, 0.25) is 0 Å². The SMILES string of the molecule is O=C(C1CCC1)N1CC[C@@H](c2ccn[nH]2)C1. The molecule has 1 amide bonds. The summed E-state index contributed by atoms with van der Waals surface area (Å²) in [7, 11) is 0. The Bertz CT molecular complexity index is 370. The Balaban J connectivity index is 1.62. The van der Waals surface area contributed by atoms with Gasteiger partial charge in [-0.15, -0.1) is 0 Å². The smallest absolute Gasteiger partial charge is 0.225 e. The van der Waals surface area contributed by atoms with Gasteiger partial charge in [0.1, 0.15) is 0 Å². The van der Waals surface area contributed by atoms with Gasteiger partial charge in [-0.3, -0.25) is 9.89 Å². The lowest BCUT2D eigenvalue weighted by Gasteiger charge is -2.29. The first kappa shape index (κ1) is 9.87. The number of aromatic amines is 1. The molecule has 2 fully saturated rings. The molecule has 1 saturated carbocycles. The third-order valence-corrected chi connectivity index (χ3v) is 3.92. The van der Waals surface area contributed by atoms with Crippen LogP contribution in [0.1, 0.15) is 37.3 Å². The number of hydrogen-bond donors (Lipinski definition) is 1. The van der Waals surface area contributed by atoms with E-state index in [4.69, 9.17) is 0 Å². The maximum atomic E-state index is 12.0. The van der Waals surface area contributed by atoms with E-state index in [2.05, 4.69) is 10.2 Å². The Morgan fingerprint density at radius 1 is 1.44 bits per heavy atom. The molecule has 2 heterocycles. The molecule has 2 aliphatic rings. The molecule has 86 valence electrons. The molecule has 1 aliphatic heterocycles. The van der Waals surface area contributed by atoms with Gasteiger partial charge in [-0.25, -0.2) is 0 Å². The molecule has 4 heteroatoms. The van der Waals surface area contributed by atoms with E-state index in [1.54, 1.807) is 6.20 Å². The van der Waals surface area contributed by atoms with Gasteiger partial charge in [-0.1, -0.05) is 6.42 Å². The quantitative estimate of drug-likeness (QED) is 0.820. The van der Waals surface area contributed by atoms with Crippen LogP contribution in [-0.4, -0.2) is 34.1 Å². The molecule has 0 bridgehead atoms. The van der Waals surface area contributed by atoms with Crippen molar-refractivity contribution in [2.24, 2.45) is 5.92 Å². The van der Waals surface area contributed by atoms with Crippen molar-refractivity contribution in [1.29, 1.82) is 0 Å². The van der Waals surface area contributed by atoms with Crippen molar-refractivity contribution < 1.29 is 4.79 Å². The summed E-state index contributed by atoms with van der Waals surface area (Å²) >= 11 is 0. The normalized spacial score (nSPS) is 25.8. The average Bonchev–Trinajstić information content (AvgIpc) is 2.86. The lowest BCUT2D eigenvalue weighted by molar-refractivity contribution is -0.137. The third-order valence-electron chi connectivity index (χ3n) is 3.92. The molecule has 16 heavy (non-hydrogen) atoms. The summed E-state index contributed by atoms with van der Waals surface area (Å²) in [6, 6.07) is 2.02. The van der Waals surface area contributed by atoms with Crippen molar-refractivity contribution in [2.45, 2.75) is 31.6 Å². The Morgan fingerprint density at radius 3 is 2.94 bits per heavy atom.